The molecule has 0 aromatic heterocycles. The minimum atomic E-state index is -1.25. The summed E-state index contributed by atoms with van der Waals surface area (Å²) in [5, 5.41) is 11.2. The fraction of sp³-hybridized carbons (Fsp3) is 0.429. The number of rotatable bonds is 1. The third kappa shape index (κ3) is 2.51. The van der Waals surface area contributed by atoms with Crippen LogP contribution in [0.2, 0.25) is 0 Å². The van der Waals surface area contributed by atoms with E-state index in [1.165, 1.54) is 30.0 Å². The molecule has 2 aliphatic rings. The highest BCUT2D eigenvalue weighted by molar-refractivity contribution is 8.13. The molecule has 1 aromatic carbocycles. The van der Waals surface area contributed by atoms with Crippen molar-refractivity contribution in [2.24, 2.45) is 10.9 Å². The molecule has 4 N–H and O–H groups in total. The van der Waals surface area contributed by atoms with Crippen LogP contribution in [-0.4, -0.2) is 28.3 Å². The number of nitrogens with two attached hydrogens (primary N) is 1. The number of benzene rings is 1. The van der Waals surface area contributed by atoms with Crippen molar-refractivity contribution in [2.75, 3.05) is 11.5 Å². The number of hydrogen-bond acceptors (Lipinski definition) is 4. The number of hydrogen-bond donors (Lipinski definition) is 3. The van der Waals surface area contributed by atoms with Crippen LogP contribution in [0.25, 0.3) is 0 Å². The number of fused-ring (bicyclic) bond motifs is 1. The van der Waals surface area contributed by atoms with E-state index < -0.39 is 23.6 Å². The lowest BCUT2D eigenvalue weighted by Crippen LogP contribution is -2.40. The molecular formula is C14H15F2N3O2S. The van der Waals surface area contributed by atoms with Crippen LogP contribution < -0.4 is 11.1 Å². The van der Waals surface area contributed by atoms with Gasteiger partial charge in [0.05, 0.1) is 5.54 Å². The Kier molecular flexibility index (Phi) is 3.72. The molecule has 1 heterocycles. The van der Waals surface area contributed by atoms with Gasteiger partial charge in [0.15, 0.2) is 5.17 Å². The minimum Gasteiger partial charge on any atom is -0.465 e. The van der Waals surface area contributed by atoms with Gasteiger partial charge in [-0.2, -0.15) is 0 Å². The number of anilines is 1. The molecule has 0 bridgehead atoms. The zero-order valence-electron chi connectivity index (χ0n) is 11.6. The van der Waals surface area contributed by atoms with Crippen molar-refractivity contribution in [3.8, 4) is 0 Å². The Labute approximate surface area is 130 Å². The van der Waals surface area contributed by atoms with Gasteiger partial charge in [-0.25, -0.2) is 13.6 Å². The lowest BCUT2D eigenvalue weighted by Gasteiger charge is -2.36. The molecule has 3 rings (SSSR count). The average Bonchev–Trinajstić information content (AvgIpc) is 2.77. The van der Waals surface area contributed by atoms with Crippen molar-refractivity contribution in [1.29, 1.82) is 0 Å². The Morgan fingerprint density at radius 2 is 2.32 bits per heavy atom. The summed E-state index contributed by atoms with van der Waals surface area (Å²) < 4.78 is 28.3. The number of amides is 1. The molecule has 3 atom stereocenters. The van der Waals surface area contributed by atoms with E-state index in [4.69, 9.17) is 10.8 Å². The maximum absolute atomic E-state index is 14.3. The van der Waals surface area contributed by atoms with E-state index in [1.54, 1.807) is 0 Å². The predicted molar refractivity (Wildman–Crippen MR) is 81.2 cm³/mol. The van der Waals surface area contributed by atoms with E-state index in [-0.39, 0.29) is 29.5 Å². The third-order valence-electron chi connectivity index (χ3n) is 4.14. The molecule has 5 nitrogen and oxygen atoms in total. The van der Waals surface area contributed by atoms with Gasteiger partial charge in [-0.1, -0.05) is 11.8 Å². The van der Waals surface area contributed by atoms with Gasteiger partial charge in [-0.3, -0.25) is 10.3 Å². The van der Waals surface area contributed by atoms with Crippen LogP contribution in [0.5, 0.6) is 0 Å². The topological polar surface area (TPSA) is 87.7 Å². The van der Waals surface area contributed by atoms with Gasteiger partial charge in [0.2, 0.25) is 0 Å². The fourth-order valence-corrected chi connectivity index (χ4v) is 4.41. The van der Waals surface area contributed by atoms with Crippen molar-refractivity contribution < 1.29 is 18.7 Å². The van der Waals surface area contributed by atoms with Crippen LogP contribution in [0, 0.1) is 11.7 Å². The summed E-state index contributed by atoms with van der Waals surface area (Å²) in [5.74, 6) is -0.213. The van der Waals surface area contributed by atoms with Crippen LogP contribution in [0.4, 0.5) is 19.3 Å². The van der Waals surface area contributed by atoms with E-state index in [0.717, 1.165) is 0 Å². The van der Waals surface area contributed by atoms with E-state index in [9.17, 15) is 13.6 Å². The Balaban J connectivity index is 2.11. The van der Waals surface area contributed by atoms with Crippen molar-refractivity contribution in [1.82, 2.24) is 5.32 Å². The highest BCUT2D eigenvalue weighted by Crippen LogP contribution is 2.52. The normalized spacial score (nSPS) is 30.5. The van der Waals surface area contributed by atoms with Crippen molar-refractivity contribution in [2.45, 2.75) is 24.6 Å². The van der Waals surface area contributed by atoms with E-state index >= 15 is 0 Å². The average molecular weight is 327 g/mol. The molecule has 22 heavy (non-hydrogen) atoms. The third-order valence-corrected chi connectivity index (χ3v) is 5.18. The van der Waals surface area contributed by atoms with Gasteiger partial charge in [0.1, 0.15) is 12.0 Å². The minimum absolute atomic E-state index is 0.0311. The summed E-state index contributed by atoms with van der Waals surface area (Å²) >= 11 is 1.21. The van der Waals surface area contributed by atoms with Gasteiger partial charge in [-0.05, 0) is 24.6 Å². The number of nitrogen functional groups attached to an aromatic ring is 1. The van der Waals surface area contributed by atoms with Gasteiger partial charge in [0, 0.05) is 29.3 Å². The molecule has 1 aromatic rings. The molecule has 8 heteroatoms. The van der Waals surface area contributed by atoms with Crippen LogP contribution in [0.3, 0.4) is 0 Å². The smallest absolute Gasteiger partial charge is 0.410 e. The molecule has 0 saturated heterocycles. The molecule has 1 amide bonds. The first-order valence-corrected chi connectivity index (χ1v) is 7.81. The molecule has 1 fully saturated rings. The van der Waals surface area contributed by atoms with Gasteiger partial charge < -0.3 is 10.8 Å². The highest BCUT2D eigenvalue weighted by Gasteiger charge is 2.52. The Bertz CT molecular complexity index is 655. The number of carboxylic acid groups (broad SMARTS) is 1. The van der Waals surface area contributed by atoms with Crippen LogP contribution >= 0.6 is 11.8 Å². The zero-order valence-corrected chi connectivity index (χ0v) is 12.4. The van der Waals surface area contributed by atoms with E-state index in [1.807, 2.05) is 0 Å². The van der Waals surface area contributed by atoms with Gasteiger partial charge in [0.25, 0.3) is 0 Å². The van der Waals surface area contributed by atoms with Crippen LogP contribution in [-0.2, 0) is 5.54 Å². The highest BCUT2D eigenvalue weighted by atomic mass is 32.2. The second kappa shape index (κ2) is 5.42. The summed E-state index contributed by atoms with van der Waals surface area (Å²) in [6.45, 7) is 0. The van der Waals surface area contributed by atoms with Crippen molar-refractivity contribution in [3.05, 3.63) is 29.6 Å². The molecule has 0 spiro atoms. The Morgan fingerprint density at radius 3 is 3.05 bits per heavy atom. The first-order chi connectivity index (χ1) is 10.4. The molecule has 1 aliphatic carbocycles. The summed E-state index contributed by atoms with van der Waals surface area (Å²) in [7, 11) is 0. The molecular weight excluding hydrogens is 312 g/mol. The summed E-state index contributed by atoms with van der Waals surface area (Å²) in [6, 6.07) is 4.14. The monoisotopic (exact) mass is 327 g/mol. The predicted octanol–water partition coefficient (Wildman–Crippen LogP) is 2.72. The number of carbonyl (C=O) groups is 1. The fourth-order valence-electron chi connectivity index (χ4n) is 3.25. The number of nitrogens with zero attached hydrogens (tertiary/aromatic N) is 1. The standard InChI is InChI=1S/C14H15F2N3O2S/c15-8-3-7-6-22-12(18-13(20)21)19-14(7,5-8)10-4-9(17)1-2-11(10)16/h1-2,4,7-8H,3,5-6,17H2,(H,18,19)(H,20,21)/t7-,8?,14-/m0/s1. The second-order valence-corrected chi connectivity index (χ2v) is 6.56. The van der Waals surface area contributed by atoms with Crippen LogP contribution in [0.15, 0.2) is 23.2 Å². The van der Waals surface area contributed by atoms with E-state index in [2.05, 4.69) is 10.3 Å². The number of aliphatic imine (C=N–C) groups is 1. The number of alkyl halides is 1. The molecule has 1 unspecified atom stereocenters. The van der Waals surface area contributed by atoms with Gasteiger partial charge >= 0.3 is 6.09 Å². The van der Waals surface area contributed by atoms with Gasteiger partial charge in [-0.15, -0.1) is 0 Å². The second-order valence-electron chi connectivity index (χ2n) is 5.56. The molecule has 118 valence electrons. The SMILES string of the molecule is Nc1ccc(F)c([C@]23CC(F)C[C@H]2CSC(NC(=O)O)=N3)c1. The summed E-state index contributed by atoms with van der Waals surface area (Å²) in [6.07, 6.45) is -2.03. The maximum atomic E-state index is 14.3. The maximum Gasteiger partial charge on any atom is 0.410 e. The first-order valence-electron chi connectivity index (χ1n) is 6.83. The lowest BCUT2D eigenvalue weighted by molar-refractivity contribution is 0.200. The summed E-state index contributed by atoms with van der Waals surface area (Å²) in [5.41, 5.74) is 5.25. The van der Waals surface area contributed by atoms with Crippen molar-refractivity contribution >= 4 is 28.7 Å². The Morgan fingerprint density at radius 1 is 1.55 bits per heavy atom. The number of nitrogens with one attached hydrogen (secondary N) is 1. The quantitative estimate of drug-likeness (QED) is 0.692. The van der Waals surface area contributed by atoms with Crippen molar-refractivity contribution in [3.63, 3.8) is 0 Å². The van der Waals surface area contributed by atoms with Crippen LogP contribution in [0.1, 0.15) is 18.4 Å². The number of halogens is 2. The lowest BCUT2D eigenvalue weighted by atomic mass is 9.81. The molecule has 0 radical (unpaired) electrons. The largest absolute Gasteiger partial charge is 0.465 e. The summed E-state index contributed by atoms with van der Waals surface area (Å²) in [4.78, 5) is 15.2. The molecule has 1 saturated carbocycles. The number of thioether (sulfide) groups is 1. The Hall–Kier alpha value is -1.83. The zero-order chi connectivity index (χ0) is 15.9. The number of amidine groups is 1. The first kappa shape index (κ1) is 15.1. The molecule has 1 aliphatic heterocycles. The van der Waals surface area contributed by atoms with E-state index in [0.29, 0.717) is 11.4 Å².